The number of nitrogens with zero attached hydrogens (tertiary/aromatic N) is 2. The third-order valence-corrected chi connectivity index (χ3v) is 10.6. The minimum Gasteiger partial charge on any atom is -0.492 e. The minimum atomic E-state index is -3.17. The Balaban J connectivity index is 0.00000194. The quantitative estimate of drug-likeness (QED) is 0.304. The number of rotatable bonds is 8. The van der Waals surface area contributed by atoms with E-state index < -0.39 is 16.2 Å². The zero-order valence-electron chi connectivity index (χ0n) is 22.5. The number of aliphatic hydroxyl groups is 1. The highest BCUT2D eigenvalue weighted by Gasteiger charge is 2.51. The first-order chi connectivity index (χ1) is 18.6. The molecule has 1 aliphatic carbocycles. The second-order valence-electron chi connectivity index (χ2n) is 11.7. The van der Waals surface area contributed by atoms with Crippen molar-refractivity contribution in [3.8, 4) is 17.0 Å². The smallest absolute Gasteiger partial charge is 0.149 e. The number of fused-ring (bicyclic) bond motifs is 1. The van der Waals surface area contributed by atoms with Crippen molar-refractivity contribution < 1.29 is 26.6 Å². The van der Waals surface area contributed by atoms with Crippen LogP contribution < -0.4 is 4.74 Å². The fraction of sp³-hybridized carbons (Fsp3) is 0.419. The van der Waals surface area contributed by atoms with E-state index in [1.165, 1.54) is 5.56 Å². The van der Waals surface area contributed by atoms with Crippen molar-refractivity contribution in [2.24, 2.45) is 0 Å². The molecule has 0 unspecified atom stereocenters. The predicted octanol–water partition coefficient (Wildman–Crippen LogP) is 6.24. The topological polar surface area (TPSA) is 103 Å². The highest BCUT2D eigenvalue weighted by molar-refractivity contribution is 8.22. The van der Waals surface area contributed by atoms with E-state index in [4.69, 9.17) is 9.72 Å². The number of aromatic nitrogens is 1. The van der Waals surface area contributed by atoms with Crippen LogP contribution in [0.3, 0.4) is 0 Å². The normalized spacial score (nSPS) is 21.8. The lowest BCUT2D eigenvalue weighted by Gasteiger charge is -2.43. The molecule has 39 heavy (non-hydrogen) atoms. The van der Waals surface area contributed by atoms with Gasteiger partial charge in [-0.15, -0.1) is 10.8 Å². The molecule has 7 nitrogen and oxygen atoms in total. The van der Waals surface area contributed by atoms with Crippen LogP contribution in [0.4, 0.5) is 0 Å². The lowest BCUT2D eigenvalue weighted by Crippen LogP contribution is -2.34. The van der Waals surface area contributed by atoms with Crippen LogP contribution in [-0.2, 0) is 22.0 Å². The lowest BCUT2D eigenvalue weighted by atomic mass is 9.82. The lowest BCUT2D eigenvalue weighted by molar-refractivity contribution is -0.120. The van der Waals surface area contributed by atoms with Gasteiger partial charge in [0.25, 0.3) is 0 Å². The molecule has 2 fully saturated rings. The summed E-state index contributed by atoms with van der Waals surface area (Å²) >= 11 is 0. The first-order valence-corrected chi connectivity index (χ1v) is 15.2. The van der Waals surface area contributed by atoms with Gasteiger partial charge in [-0.05, 0) is 61.6 Å². The van der Waals surface area contributed by atoms with Crippen LogP contribution in [0.2, 0.25) is 0 Å². The van der Waals surface area contributed by atoms with Crippen LogP contribution in [-0.4, -0.2) is 55.1 Å². The largest absolute Gasteiger partial charge is 0.492 e. The molecular formula is C31H40N2O5S. The van der Waals surface area contributed by atoms with E-state index in [2.05, 4.69) is 19.9 Å². The molecule has 0 spiro atoms. The van der Waals surface area contributed by atoms with Gasteiger partial charge in [-0.25, -0.2) is 0 Å². The Bertz CT molecular complexity index is 1410. The molecule has 3 aromatic rings. The Labute approximate surface area is 234 Å². The number of ether oxygens (including phenoxy) is 1. The molecule has 2 aliphatic heterocycles. The summed E-state index contributed by atoms with van der Waals surface area (Å²) in [6.07, 6.45) is 3.55. The van der Waals surface area contributed by atoms with Crippen LogP contribution in [0.15, 0.2) is 65.6 Å². The van der Waals surface area contributed by atoms with E-state index in [-0.39, 0.29) is 33.1 Å². The van der Waals surface area contributed by atoms with Gasteiger partial charge in [0.15, 0.2) is 0 Å². The van der Waals surface area contributed by atoms with Crippen molar-refractivity contribution in [2.45, 2.75) is 67.7 Å². The Kier molecular flexibility index (Phi) is 6.59. The van der Waals surface area contributed by atoms with Crippen LogP contribution in [0.5, 0.6) is 5.75 Å². The third-order valence-electron chi connectivity index (χ3n) is 8.61. The Hall–Kier alpha value is -2.75. The fourth-order valence-electron chi connectivity index (χ4n) is 6.01. The molecule has 1 saturated carbocycles. The van der Waals surface area contributed by atoms with Crippen molar-refractivity contribution in [1.29, 1.82) is 0 Å². The van der Waals surface area contributed by atoms with Crippen molar-refractivity contribution in [3.05, 3.63) is 77.5 Å². The molecule has 8 heteroatoms. The monoisotopic (exact) mass is 552 g/mol. The predicted molar refractivity (Wildman–Crippen MR) is 156 cm³/mol. The van der Waals surface area contributed by atoms with Crippen molar-refractivity contribution >= 4 is 16.6 Å². The maximum atomic E-state index is 13.6. The van der Waals surface area contributed by atoms with Gasteiger partial charge >= 0.3 is 0 Å². The Morgan fingerprint density at radius 3 is 2.62 bits per heavy atom. The number of aliphatic hydroxyl groups excluding tert-OH is 1. The molecule has 3 N–H and O–H groups in total. The van der Waals surface area contributed by atoms with Gasteiger partial charge < -0.3 is 9.84 Å². The van der Waals surface area contributed by atoms with Crippen molar-refractivity contribution in [2.75, 3.05) is 19.8 Å². The van der Waals surface area contributed by atoms with Gasteiger partial charge in [-0.1, -0.05) is 44.2 Å². The number of Topliss-reactive ketones (excluding diaryl/α,β-unsaturated/α-hetero) is 1. The molecular weight excluding hydrogens is 512 g/mol. The summed E-state index contributed by atoms with van der Waals surface area (Å²) in [5, 5.41) is 9.62. The van der Waals surface area contributed by atoms with Gasteiger partial charge in [-0.3, -0.25) is 18.9 Å². The van der Waals surface area contributed by atoms with Gasteiger partial charge in [0.2, 0.25) is 0 Å². The molecule has 3 aliphatic rings. The number of benzene rings is 2. The zero-order valence-corrected chi connectivity index (χ0v) is 23.3. The first-order valence-electron chi connectivity index (χ1n) is 13.7. The fourth-order valence-corrected chi connectivity index (χ4v) is 7.76. The highest BCUT2D eigenvalue weighted by atomic mass is 32.3. The summed E-state index contributed by atoms with van der Waals surface area (Å²) in [6.45, 7) is 5.46. The first kappa shape index (κ1) is 26.5. The summed E-state index contributed by atoms with van der Waals surface area (Å²) in [6, 6.07) is 18.8. The molecule has 3 heterocycles. The second kappa shape index (κ2) is 9.71. The number of hydrogen-bond donors (Lipinski definition) is 3. The molecule has 210 valence electrons. The number of pyridine rings is 1. The van der Waals surface area contributed by atoms with Gasteiger partial charge in [0.05, 0.1) is 35.3 Å². The number of hydrogen-bond acceptors (Lipinski definition) is 7. The molecule has 0 amide bonds. The molecule has 0 bridgehead atoms. The average Bonchev–Trinajstić information content (AvgIpc) is 3.50. The van der Waals surface area contributed by atoms with E-state index in [1.54, 1.807) is 16.4 Å². The molecule has 1 saturated heterocycles. The maximum absolute atomic E-state index is 13.6. The van der Waals surface area contributed by atoms with Gasteiger partial charge in [0, 0.05) is 38.1 Å². The second-order valence-corrected chi connectivity index (χ2v) is 13.7. The van der Waals surface area contributed by atoms with E-state index in [0.29, 0.717) is 18.0 Å². The zero-order chi connectivity index (χ0) is 27.4. The SMILES string of the molecule is CC1(C)COc2ccc(C3(C(=O)Cc4cccc(-c5ccc(S(O)(O)N6CCC[C@@H]6CO)cc5)n4)CC3)cc21.[HH].[HH]. The van der Waals surface area contributed by atoms with E-state index in [0.717, 1.165) is 53.9 Å². The minimum absolute atomic E-state index is 0. The molecule has 6 rings (SSSR count). The molecule has 0 radical (unpaired) electrons. The molecule has 2 aromatic carbocycles. The van der Waals surface area contributed by atoms with E-state index >= 15 is 0 Å². The van der Waals surface area contributed by atoms with Crippen LogP contribution in [0.1, 0.15) is 59.2 Å². The highest BCUT2D eigenvalue weighted by Crippen LogP contribution is 2.55. The Morgan fingerprint density at radius 2 is 1.90 bits per heavy atom. The maximum Gasteiger partial charge on any atom is 0.149 e. The summed E-state index contributed by atoms with van der Waals surface area (Å²) in [4.78, 5) is 18.8. The summed E-state index contributed by atoms with van der Waals surface area (Å²) in [7, 11) is -3.17. The molecule has 1 aromatic heterocycles. The number of ketones is 1. The summed E-state index contributed by atoms with van der Waals surface area (Å²) in [5.41, 5.74) is 4.06. The van der Waals surface area contributed by atoms with Crippen LogP contribution in [0, 0.1) is 0 Å². The van der Waals surface area contributed by atoms with E-state index in [1.807, 2.05) is 42.5 Å². The van der Waals surface area contributed by atoms with Crippen LogP contribution >= 0.6 is 10.8 Å². The Morgan fingerprint density at radius 1 is 1.13 bits per heavy atom. The number of carbonyl (C=O) groups excluding carboxylic acids is 1. The summed E-state index contributed by atoms with van der Waals surface area (Å²) in [5.74, 6) is 1.11. The standard InChI is InChI=1S/C31H36N2O5S.2H2/c1-30(2)20-38-28-13-10-22(17-26(28)30)31(14-15-31)29(35)18-23-5-3-7-27(32-23)21-8-11-25(12-9-21)39(36,37)33-16-4-6-24(33)19-34;;/h3,5,7-13,17,24,34,36-37H,4,6,14-16,18-20H2,1-2H3;2*1H/t24-;;/m1../s1. The van der Waals surface area contributed by atoms with Crippen molar-refractivity contribution in [1.82, 2.24) is 9.29 Å². The number of carbonyl (C=O) groups is 1. The van der Waals surface area contributed by atoms with Gasteiger partial charge in [0.1, 0.15) is 11.5 Å². The van der Waals surface area contributed by atoms with Crippen molar-refractivity contribution in [3.63, 3.8) is 0 Å². The third kappa shape index (κ3) is 4.68. The molecule has 1 atom stereocenters. The van der Waals surface area contributed by atoms with E-state index in [9.17, 15) is 19.0 Å². The van der Waals surface area contributed by atoms with Crippen LogP contribution in [0.25, 0.3) is 11.3 Å². The average molecular weight is 553 g/mol. The van der Waals surface area contributed by atoms with Gasteiger partial charge in [-0.2, -0.15) is 4.31 Å². The summed E-state index contributed by atoms with van der Waals surface area (Å²) < 4.78 is 29.3.